The van der Waals surface area contributed by atoms with E-state index in [1.807, 2.05) is 0 Å². The Balaban J connectivity index is 0.00000392. The summed E-state index contributed by atoms with van der Waals surface area (Å²) in [6.45, 7) is 2.08. The molecule has 2 amide bonds. The molecule has 1 aliphatic carbocycles. The lowest BCUT2D eigenvalue weighted by Crippen LogP contribution is -2.37. The number of carbonyl (C=O) groups excluding carboxylic acids is 2. The van der Waals surface area contributed by atoms with Crippen molar-refractivity contribution in [1.29, 1.82) is 0 Å². The summed E-state index contributed by atoms with van der Waals surface area (Å²) in [7, 11) is 0. The molecule has 0 heterocycles. The molecule has 0 bridgehead atoms. The number of hydrogen-bond donors (Lipinski definition) is 3. The van der Waals surface area contributed by atoms with Crippen molar-refractivity contribution in [2.24, 2.45) is 0 Å². The van der Waals surface area contributed by atoms with E-state index in [2.05, 4.69) is 16.0 Å². The highest BCUT2D eigenvalue weighted by molar-refractivity contribution is 5.97. The maximum absolute atomic E-state index is 13.0. The minimum atomic E-state index is -4.61. The van der Waals surface area contributed by atoms with Crippen LogP contribution in [0.1, 0.15) is 61.4 Å². The number of amides is 2. The molecule has 2 rings (SSSR count). The summed E-state index contributed by atoms with van der Waals surface area (Å²) in [5.41, 5.74) is -1.17. The molecule has 3 N–H and O–H groups in total. The van der Waals surface area contributed by atoms with Gasteiger partial charge in [0, 0.05) is 37.3 Å². The number of halogens is 4. The number of anilines is 1. The van der Waals surface area contributed by atoms with E-state index in [1.165, 1.54) is 38.7 Å². The molecule has 1 fully saturated rings. The largest absolute Gasteiger partial charge is 0.416 e. The fraction of sp³-hybridized carbons (Fsp3) is 0.579. The highest BCUT2D eigenvalue weighted by Crippen LogP contribution is 2.32. The van der Waals surface area contributed by atoms with E-state index in [9.17, 15) is 22.8 Å². The second kappa shape index (κ2) is 11.3. The van der Waals surface area contributed by atoms with Gasteiger partial charge in [-0.25, -0.2) is 0 Å². The van der Waals surface area contributed by atoms with Crippen LogP contribution >= 0.6 is 12.4 Å². The smallest absolute Gasteiger partial charge is 0.351 e. The summed E-state index contributed by atoms with van der Waals surface area (Å²) in [5, 5.41) is 8.32. The second-order valence-corrected chi connectivity index (χ2v) is 6.88. The molecule has 0 unspecified atom stereocenters. The van der Waals surface area contributed by atoms with Crippen molar-refractivity contribution in [2.75, 3.05) is 18.4 Å². The minimum absolute atomic E-state index is 0. The molecule has 28 heavy (non-hydrogen) atoms. The Morgan fingerprint density at radius 1 is 1.04 bits per heavy atom. The molecule has 158 valence electrons. The van der Waals surface area contributed by atoms with Crippen molar-refractivity contribution in [1.82, 2.24) is 10.6 Å². The zero-order chi connectivity index (χ0) is 19.9. The molecule has 0 atom stereocenters. The fourth-order valence-electron chi connectivity index (χ4n) is 3.24. The third kappa shape index (κ3) is 8.06. The third-order valence-corrected chi connectivity index (χ3v) is 4.54. The number of hydrogen-bond acceptors (Lipinski definition) is 3. The molecule has 5 nitrogen and oxygen atoms in total. The lowest BCUT2D eigenvalue weighted by molar-refractivity contribution is -0.137. The van der Waals surface area contributed by atoms with Crippen LogP contribution in [0, 0.1) is 0 Å². The van der Waals surface area contributed by atoms with Gasteiger partial charge in [-0.05, 0) is 31.0 Å². The highest BCUT2D eigenvalue weighted by Gasteiger charge is 2.32. The quantitative estimate of drug-likeness (QED) is 0.478. The first kappa shape index (κ1) is 24.2. The monoisotopic (exact) mass is 421 g/mol. The van der Waals surface area contributed by atoms with Gasteiger partial charge in [0.05, 0.1) is 5.56 Å². The van der Waals surface area contributed by atoms with E-state index in [0.29, 0.717) is 19.1 Å². The first-order valence-electron chi connectivity index (χ1n) is 9.27. The van der Waals surface area contributed by atoms with Crippen molar-refractivity contribution in [3.05, 3.63) is 29.3 Å². The topological polar surface area (TPSA) is 70.2 Å². The first-order chi connectivity index (χ1) is 12.8. The first-order valence-corrected chi connectivity index (χ1v) is 9.27. The van der Waals surface area contributed by atoms with Crippen LogP contribution in [-0.2, 0) is 11.0 Å². The molecular weight excluding hydrogens is 395 g/mol. The zero-order valence-corrected chi connectivity index (χ0v) is 16.6. The molecule has 1 aliphatic rings. The molecule has 0 radical (unpaired) electrons. The van der Waals surface area contributed by atoms with E-state index in [-0.39, 0.29) is 23.7 Å². The van der Waals surface area contributed by atoms with Crippen LogP contribution < -0.4 is 16.0 Å². The number of nitrogens with one attached hydrogen (secondary N) is 3. The van der Waals surface area contributed by atoms with Gasteiger partial charge in [0.15, 0.2) is 0 Å². The zero-order valence-electron chi connectivity index (χ0n) is 15.8. The van der Waals surface area contributed by atoms with E-state index in [0.717, 1.165) is 25.0 Å². The highest BCUT2D eigenvalue weighted by atomic mass is 35.5. The molecule has 1 saturated carbocycles. The standard InChI is InChI=1S/C19H26F3N3O2.ClH/c1-13(26)25-17-11-14(10-15(12-17)19(20,21)22)18(27)24-9-8-23-16-6-4-2-3-5-7-16;/h10-12,16,23H,2-9H2,1H3,(H,24,27)(H,25,26);1H. The molecular formula is C19H27ClF3N3O2. The molecule has 0 aliphatic heterocycles. The lowest BCUT2D eigenvalue weighted by Gasteiger charge is -2.16. The number of benzene rings is 1. The summed E-state index contributed by atoms with van der Waals surface area (Å²) in [6.07, 6.45) is 2.51. The van der Waals surface area contributed by atoms with Crippen molar-refractivity contribution in [3.8, 4) is 0 Å². The maximum Gasteiger partial charge on any atom is 0.416 e. The Bertz CT molecular complexity index is 660. The Morgan fingerprint density at radius 3 is 2.25 bits per heavy atom. The number of rotatable bonds is 6. The van der Waals surface area contributed by atoms with Crippen LogP contribution in [0.3, 0.4) is 0 Å². The van der Waals surface area contributed by atoms with E-state index in [4.69, 9.17) is 0 Å². The molecule has 9 heteroatoms. The van der Waals surface area contributed by atoms with Gasteiger partial charge in [-0.15, -0.1) is 12.4 Å². The summed E-state index contributed by atoms with van der Waals surface area (Å²) in [4.78, 5) is 23.4. The van der Waals surface area contributed by atoms with Crippen LogP contribution in [0.25, 0.3) is 0 Å². The van der Waals surface area contributed by atoms with Crippen molar-refractivity contribution >= 4 is 29.9 Å². The van der Waals surface area contributed by atoms with Gasteiger partial charge >= 0.3 is 6.18 Å². The van der Waals surface area contributed by atoms with Crippen LogP contribution in [0.2, 0.25) is 0 Å². The van der Waals surface area contributed by atoms with E-state index < -0.39 is 23.6 Å². The van der Waals surface area contributed by atoms with Crippen LogP contribution in [-0.4, -0.2) is 30.9 Å². The van der Waals surface area contributed by atoms with Gasteiger partial charge in [0.1, 0.15) is 0 Å². The van der Waals surface area contributed by atoms with Gasteiger partial charge in [0.25, 0.3) is 5.91 Å². The average Bonchev–Trinajstić information content (AvgIpc) is 2.85. The van der Waals surface area contributed by atoms with Gasteiger partial charge in [-0.1, -0.05) is 25.7 Å². The minimum Gasteiger partial charge on any atom is -0.351 e. The van der Waals surface area contributed by atoms with E-state index >= 15 is 0 Å². The Hall–Kier alpha value is -1.80. The van der Waals surface area contributed by atoms with Crippen molar-refractivity contribution < 1.29 is 22.8 Å². The Labute approximate surface area is 169 Å². The Morgan fingerprint density at radius 2 is 1.68 bits per heavy atom. The normalized spacial score (nSPS) is 15.3. The molecule has 0 aromatic heterocycles. The predicted molar refractivity (Wildman–Crippen MR) is 105 cm³/mol. The van der Waals surface area contributed by atoms with Crippen LogP contribution in [0.15, 0.2) is 18.2 Å². The van der Waals surface area contributed by atoms with Gasteiger partial charge in [-0.2, -0.15) is 13.2 Å². The van der Waals surface area contributed by atoms with Crippen LogP contribution in [0.5, 0.6) is 0 Å². The summed E-state index contributed by atoms with van der Waals surface area (Å²) in [6, 6.07) is 3.28. The van der Waals surface area contributed by atoms with Gasteiger partial charge < -0.3 is 16.0 Å². The van der Waals surface area contributed by atoms with Crippen molar-refractivity contribution in [3.63, 3.8) is 0 Å². The Kier molecular flexibility index (Phi) is 9.75. The van der Waals surface area contributed by atoms with Crippen LogP contribution in [0.4, 0.5) is 18.9 Å². The second-order valence-electron chi connectivity index (χ2n) is 6.88. The predicted octanol–water partition coefficient (Wildman–Crippen LogP) is 4.13. The number of alkyl halides is 3. The number of carbonyl (C=O) groups is 2. The summed E-state index contributed by atoms with van der Waals surface area (Å²) >= 11 is 0. The summed E-state index contributed by atoms with van der Waals surface area (Å²) in [5.74, 6) is -1.11. The van der Waals surface area contributed by atoms with Gasteiger partial charge in [0.2, 0.25) is 5.91 Å². The molecule has 1 aromatic carbocycles. The molecule has 1 aromatic rings. The van der Waals surface area contributed by atoms with Crippen molar-refractivity contribution in [2.45, 2.75) is 57.7 Å². The third-order valence-electron chi connectivity index (χ3n) is 4.54. The molecule has 0 spiro atoms. The van der Waals surface area contributed by atoms with E-state index in [1.54, 1.807) is 0 Å². The maximum atomic E-state index is 13.0. The molecule has 0 saturated heterocycles. The fourth-order valence-corrected chi connectivity index (χ4v) is 3.24. The average molecular weight is 422 g/mol. The van der Waals surface area contributed by atoms with Gasteiger partial charge in [-0.3, -0.25) is 9.59 Å². The summed E-state index contributed by atoms with van der Waals surface area (Å²) < 4.78 is 39.1. The lowest BCUT2D eigenvalue weighted by atomic mass is 10.1. The SMILES string of the molecule is CC(=O)Nc1cc(C(=O)NCCNC2CCCCCC2)cc(C(F)(F)F)c1.Cl.